The molecule has 3 saturated carbocycles. The van der Waals surface area contributed by atoms with Crippen LogP contribution in [-0.4, -0.2) is 6.54 Å². The summed E-state index contributed by atoms with van der Waals surface area (Å²) in [5.41, 5.74) is 7.80. The fourth-order valence-corrected chi connectivity index (χ4v) is 4.03. The Hall–Kier alpha value is -0.240. The molecule has 15 heavy (non-hydrogen) atoms. The van der Waals surface area contributed by atoms with Crippen LogP contribution in [0.15, 0.2) is 18.2 Å². The molecule has 2 N–H and O–H groups in total. The third-order valence-corrected chi connectivity index (χ3v) is 4.62. The SMILES string of the molecule is NCC12CC(c3ccc(Cl)cc3Cl)(C1)C2. The van der Waals surface area contributed by atoms with Crippen LogP contribution in [0.4, 0.5) is 0 Å². The molecule has 0 unspecified atom stereocenters. The van der Waals surface area contributed by atoms with E-state index < -0.39 is 0 Å². The van der Waals surface area contributed by atoms with Crippen molar-refractivity contribution < 1.29 is 0 Å². The van der Waals surface area contributed by atoms with E-state index in [2.05, 4.69) is 6.07 Å². The summed E-state index contributed by atoms with van der Waals surface area (Å²) in [6.07, 6.45) is 3.62. The molecule has 0 radical (unpaired) electrons. The second-order valence-corrected chi connectivity index (χ2v) is 5.98. The Morgan fingerprint density at radius 3 is 2.40 bits per heavy atom. The van der Waals surface area contributed by atoms with Gasteiger partial charge in [-0.3, -0.25) is 0 Å². The van der Waals surface area contributed by atoms with Crippen LogP contribution in [0.1, 0.15) is 24.8 Å². The highest BCUT2D eigenvalue weighted by atomic mass is 35.5. The lowest BCUT2D eigenvalue weighted by Crippen LogP contribution is -2.67. The summed E-state index contributed by atoms with van der Waals surface area (Å²) >= 11 is 12.1. The van der Waals surface area contributed by atoms with Crippen molar-refractivity contribution in [1.82, 2.24) is 0 Å². The first kappa shape index (κ1) is 9.95. The molecule has 3 aliphatic carbocycles. The molecule has 0 heterocycles. The largest absolute Gasteiger partial charge is 0.330 e. The van der Waals surface area contributed by atoms with Crippen LogP contribution in [0.3, 0.4) is 0 Å². The van der Waals surface area contributed by atoms with Crippen molar-refractivity contribution in [2.24, 2.45) is 11.1 Å². The van der Waals surface area contributed by atoms with Crippen LogP contribution in [0.5, 0.6) is 0 Å². The average Bonchev–Trinajstić information content (AvgIpc) is 2.04. The molecule has 1 nitrogen and oxygen atoms in total. The van der Waals surface area contributed by atoms with Crippen molar-refractivity contribution in [2.75, 3.05) is 6.54 Å². The highest BCUT2D eigenvalue weighted by molar-refractivity contribution is 6.35. The van der Waals surface area contributed by atoms with Crippen molar-refractivity contribution in [1.29, 1.82) is 0 Å². The molecule has 3 heteroatoms. The van der Waals surface area contributed by atoms with Gasteiger partial charge in [0, 0.05) is 10.0 Å². The molecule has 0 amide bonds. The molecule has 3 aliphatic rings. The summed E-state index contributed by atoms with van der Waals surface area (Å²) in [6, 6.07) is 5.84. The lowest BCUT2D eigenvalue weighted by atomic mass is 9.33. The Labute approximate surface area is 99.6 Å². The minimum atomic E-state index is 0.334. The van der Waals surface area contributed by atoms with Crippen molar-refractivity contribution in [3.8, 4) is 0 Å². The quantitative estimate of drug-likeness (QED) is 0.845. The first-order chi connectivity index (χ1) is 7.09. The Morgan fingerprint density at radius 1 is 1.20 bits per heavy atom. The number of halogens is 2. The zero-order valence-electron chi connectivity index (χ0n) is 8.39. The highest BCUT2D eigenvalue weighted by Gasteiger charge is 2.67. The topological polar surface area (TPSA) is 26.0 Å². The minimum Gasteiger partial charge on any atom is -0.330 e. The number of hydrogen-bond donors (Lipinski definition) is 1. The van der Waals surface area contributed by atoms with E-state index in [1.807, 2.05) is 12.1 Å². The van der Waals surface area contributed by atoms with Crippen LogP contribution in [0.25, 0.3) is 0 Å². The minimum absolute atomic E-state index is 0.334. The Balaban J connectivity index is 1.91. The standard InChI is InChI=1S/C12H13Cl2N/c13-8-1-2-9(10(14)3-8)12-4-11(5-12,6-12)7-15/h1-3H,4-7,15H2. The zero-order valence-corrected chi connectivity index (χ0v) is 9.91. The zero-order chi connectivity index (χ0) is 10.7. The van der Waals surface area contributed by atoms with Gasteiger partial charge in [-0.15, -0.1) is 0 Å². The number of nitrogens with two attached hydrogens (primary N) is 1. The van der Waals surface area contributed by atoms with Crippen LogP contribution < -0.4 is 5.73 Å². The number of benzene rings is 1. The Kier molecular flexibility index (Phi) is 1.93. The molecular weight excluding hydrogens is 229 g/mol. The molecule has 0 spiro atoms. The van der Waals surface area contributed by atoms with Gasteiger partial charge in [-0.05, 0) is 54.3 Å². The molecule has 0 aromatic heterocycles. The fourth-order valence-electron chi connectivity index (χ4n) is 3.42. The van der Waals surface area contributed by atoms with Gasteiger partial charge in [0.1, 0.15) is 0 Å². The van der Waals surface area contributed by atoms with E-state index in [4.69, 9.17) is 28.9 Å². The van der Waals surface area contributed by atoms with E-state index in [1.165, 1.54) is 24.8 Å². The highest BCUT2D eigenvalue weighted by Crippen LogP contribution is 2.73. The summed E-state index contributed by atoms with van der Waals surface area (Å²) < 4.78 is 0. The normalized spacial score (nSPS) is 37.0. The maximum absolute atomic E-state index is 6.22. The van der Waals surface area contributed by atoms with Crippen LogP contribution >= 0.6 is 23.2 Å². The van der Waals surface area contributed by atoms with Crippen LogP contribution in [0, 0.1) is 5.41 Å². The van der Waals surface area contributed by atoms with Gasteiger partial charge >= 0.3 is 0 Å². The van der Waals surface area contributed by atoms with Gasteiger partial charge in [-0.25, -0.2) is 0 Å². The molecule has 2 bridgehead atoms. The van der Waals surface area contributed by atoms with Gasteiger partial charge < -0.3 is 5.73 Å². The van der Waals surface area contributed by atoms with E-state index in [0.29, 0.717) is 15.9 Å². The molecule has 80 valence electrons. The second kappa shape index (κ2) is 2.91. The number of hydrogen-bond acceptors (Lipinski definition) is 1. The maximum Gasteiger partial charge on any atom is 0.0458 e. The fraction of sp³-hybridized carbons (Fsp3) is 0.500. The van der Waals surface area contributed by atoms with Crippen molar-refractivity contribution in [3.63, 3.8) is 0 Å². The van der Waals surface area contributed by atoms with Gasteiger partial charge in [0.05, 0.1) is 0 Å². The molecule has 4 rings (SSSR count). The van der Waals surface area contributed by atoms with E-state index in [0.717, 1.165) is 11.6 Å². The van der Waals surface area contributed by atoms with E-state index in [-0.39, 0.29) is 0 Å². The first-order valence-corrected chi connectivity index (χ1v) is 6.01. The summed E-state index contributed by atoms with van der Waals surface area (Å²) in [4.78, 5) is 0. The third kappa shape index (κ3) is 1.20. The summed E-state index contributed by atoms with van der Waals surface area (Å²) in [7, 11) is 0. The van der Waals surface area contributed by atoms with E-state index >= 15 is 0 Å². The molecule has 3 fully saturated rings. The van der Waals surface area contributed by atoms with Gasteiger partial charge in [-0.1, -0.05) is 29.3 Å². The van der Waals surface area contributed by atoms with Crippen molar-refractivity contribution in [3.05, 3.63) is 33.8 Å². The smallest absolute Gasteiger partial charge is 0.0458 e. The lowest BCUT2D eigenvalue weighted by Gasteiger charge is -2.71. The third-order valence-electron chi connectivity index (χ3n) is 4.08. The monoisotopic (exact) mass is 241 g/mol. The Bertz CT molecular complexity index is 408. The second-order valence-electron chi connectivity index (χ2n) is 5.14. The summed E-state index contributed by atoms with van der Waals surface area (Å²) in [5.74, 6) is 0. The van der Waals surface area contributed by atoms with Crippen LogP contribution in [-0.2, 0) is 5.41 Å². The molecule has 1 aromatic carbocycles. The van der Waals surface area contributed by atoms with E-state index in [9.17, 15) is 0 Å². The van der Waals surface area contributed by atoms with E-state index in [1.54, 1.807) is 0 Å². The predicted octanol–water partition coefficient (Wildman–Crippen LogP) is 3.37. The lowest BCUT2D eigenvalue weighted by molar-refractivity contribution is -0.132. The van der Waals surface area contributed by atoms with Gasteiger partial charge in [0.25, 0.3) is 0 Å². The molecule has 0 aliphatic heterocycles. The van der Waals surface area contributed by atoms with Crippen LogP contribution in [0.2, 0.25) is 10.0 Å². The molecule has 1 aromatic rings. The average molecular weight is 242 g/mol. The van der Waals surface area contributed by atoms with Gasteiger partial charge in [0.15, 0.2) is 0 Å². The number of rotatable bonds is 2. The Morgan fingerprint density at radius 2 is 1.87 bits per heavy atom. The maximum atomic E-state index is 6.22. The van der Waals surface area contributed by atoms with Gasteiger partial charge in [0.2, 0.25) is 0 Å². The van der Waals surface area contributed by atoms with Gasteiger partial charge in [-0.2, -0.15) is 0 Å². The summed E-state index contributed by atoms with van der Waals surface area (Å²) in [5, 5.41) is 1.52. The molecular formula is C12H13Cl2N. The summed E-state index contributed by atoms with van der Waals surface area (Å²) in [6.45, 7) is 0.819. The predicted molar refractivity (Wildman–Crippen MR) is 63.5 cm³/mol. The van der Waals surface area contributed by atoms with Crippen molar-refractivity contribution in [2.45, 2.75) is 24.7 Å². The first-order valence-electron chi connectivity index (χ1n) is 5.25. The molecule has 0 atom stereocenters. The molecule has 0 saturated heterocycles. The van der Waals surface area contributed by atoms with Crippen molar-refractivity contribution >= 4 is 23.2 Å².